The highest BCUT2D eigenvalue weighted by molar-refractivity contribution is 6.28. The van der Waals surface area contributed by atoms with Crippen LogP contribution in [0.1, 0.15) is 26.7 Å². The summed E-state index contributed by atoms with van der Waals surface area (Å²) in [6.45, 7) is 5.93. The van der Waals surface area contributed by atoms with E-state index in [2.05, 4.69) is 34.1 Å². The van der Waals surface area contributed by atoms with Gasteiger partial charge < -0.3 is 9.88 Å². The van der Waals surface area contributed by atoms with Crippen LogP contribution in [-0.2, 0) is 6.54 Å². The Kier molecular flexibility index (Phi) is 3.78. The minimum atomic E-state index is 0.234. The van der Waals surface area contributed by atoms with Gasteiger partial charge in [-0.25, -0.2) is 4.98 Å². The van der Waals surface area contributed by atoms with Crippen molar-refractivity contribution < 1.29 is 0 Å². The fourth-order valence-corrected chi connectivity index (χ4v) is 1.86. The predicted octanol–water partition coefficient (Wildman–Crippen LogP) is 2.71. The number of halogens is 1. The zero-order valence-electron chi connectivity index (χ0n) is 10.1. The lowest BCUT2D eigenvalue weighted by atomic mass is 10.3. The Labute approximate surface area is 105 Å². The monoisotopic (exact) mass is 253 g/mol. The maximum Gasteiger partial charge on any atom is 0.226 e. The van der Waals surface area contributed by atoms with E-state index in [4.69, 9.17) is 11.6 Å². The number of unbranched alkanes of at least 4 members (excludes halogenated alkanes) is 1. The molecule has 92 valence electrons. The van der Waals surface area contributed by atoms with Gasteiger partial charge in [-0.2, -0.15) is 9.97 Å². The molecule has 0 fully saturated rings. The minimum Gasteiger partial charge on any atom is -0.368 e. The van der Waals surface area contributed by atoms with Gasteiger partial charge in [0.25, 0.3) is 0 Å². The van der Waals surface area contributed by atoms with Crippen LogP contribution in [0.15, 0.2) is 6.33 Å². The van der Waals surface area contributed by atoms with Crippen molar-refractivity contribution in [1.82, 2.24) is 19.5 Å². The first-order chi connectivity index (χ1) is 8.26. The average molecular weight is 254 g/mol. The number of rotatable bonds is 5. The summed E-state index contributed by atoms with van der Waals surface area (Å²) in [7, 11) is 0. The largest absolute Gasteiger partial charge is 0.368 e. The van der Waals surface area contributed by atoms with Gasteiger partial charge in [-0.3, -0.25) is 0 Å². The van der Waals surface area contributed by atoms with Crippen molar-refractivity contribution >= 4 is 28.6 Å². The lowest BCUT2D eigenvalue weighted by molar-refractivity contribution is 0.783. The molecule has 0 aromatic carbocycles. The van der Waals surface area contributed by atoms with Gasteiger partial charge >= 0.3 is 0 Å². The number of aryl methyl sites for hydroxylation is 1. The Hall–Kier alpha value is -1.36. The zero-order valence-corrected chi connectivity index (χ0v) is 10.8. The van der Waals surface area contributed by atoms with Crippen molar-refractivity contribution in [2.75, 3.05) is 11.9 Å². The molecule has 0 aliphatic heterocycles. The van der Waals surface area contributed by atoms with Crippen LogP contribution in [0.2, 0.25) is 5.28 Å². The van der Waals surface area contributed by atoms with E-state index in [1.165, 1.54) is 0 Å². The Morgan fingerprint density at radius 2 is 2.18 bits per heavy atom. The van der Waals surface area contributed by atoms with E-state index in [0.29, 0.717) is 5.65 Å². The second-order valence-corrected chi connectivity index (χ2v) is 4.16. The SMILES string of the molecule is CCCCNc1nc(Cl)nc2ncn(CC)c12. The first-order valence-electron chi connectivity index (χ1n) is 5.88. The highest BCUT2D eigenvalue weighted by Crippen LogP contribution is 2.21. The van der Waals surface area contributed by atoms with Gasteiger partial charge in [-0.1, -0.05) is 13.3 Å². The summed E-state index contributed by atoms with van der Waals surface area (Å²) in [6, 6.07) is 0. The normalized spacial score (nSPS) is 11.0. The highest BCUT2D eigenvalue weighted by atomic mass is 35.5. The number of nitrogens with one attached hydrogen (secondary N) is 1. The average Bonchev–Trinajstić information content (AvgIpc) is 2.72. The zero-order chi connectivity index (χ0) is 12.3. The van der Waals surface area contributed by atoms with Crippen molar-refractivity contribution in [3.05, 3.63) is 11.6 Å². The lowest BCUT2D eigenvalue weighted by Gasteiger charge is -2.08. The molecule has 0 saturated heterocycles. The van der Waals surface area contributed by atoms with Crippen LogP contribution in [0, 0.1) is 0 Å². The van der Waals surface area contributed by atoms with Crippen LogP contribution in [-0.4, -0.2) is 26.1 Å². The molecular weight excluding hydrogens is 238 g/mol. The molecule has 2 aromatic heterocycles. The molecule has 0 saturated carbocycles. The maximum atomic E-state index is 5.88. The van der Waals surface area contributed by atoms with E-state index in [-0.39, 0.29) is 5.28 Å². The van der Waals surface area contributed by atoms with Gasteiger partial charge in [0, 0.05) is 13.1 Å². The predicted molar refractivity (Wildman–Crippen MR) is 69.4 cm³/mol. The summed E-state index contributed by atoms with van der Waals surface area (Å²) in [4.78, 5) is 12.6. The first-order valence-corrected chi connectivity index (χ1v) is 6.26. The van der Waals surface area contributed by atoms with E-state index in [1.54, 1.807) is 6.33 Å². The van der Waals surface area contributed by atoms with Gasteiger partial charge in [-0.15, -0.1) is 0 Å². The van der Waals surface area contributed by atoms with Crippen LogP contribution in [0.4, 0.5) is 5.82 Å². The summed E-state index contributed by atoms with van der Waals surface area (Å²) in [5.74, 6) is 0.771. The summed E-state index contributed by atoms with van der Waals surface area (Å²) < 4.78 is 2.01. The van der Waals surface area contributed by atoms with Crippen molar-refractivity contribution in [3.63, 3.8) is 0 Å². The lowest BCUT2D eigenvalue weighted by Crippen LogP contribution is -2.06. The molecule has 0 atom stereocenters. The fourth-order valence-electron chi connectivity index (χ4n) is 1.70. The van der Waals surface area contributed by atoms with Crippen molar-refractivity contribution in [2.45, 2.75) is 33.2 Å². The van der Waals surface area contributed by atoms with Crippen LogP contribution in [0.5, 0.6) is 0 Å². The van der Waals surface area contributed by atoms with Crippen LogP contribution in [0.25, 0.3) is 11.2 Å². The topological polar surface area (TPSA) is 55.6 Å². The van der Waals surface area contributed by atoms with E-state index in [9.17, 15) is 0 Å². The molecule has 0 unspecified atom stereocenters. The standard InChI is InChI=1S/C11H16ClN5/c1-3-5-6-13-9-8-10(16-11(12)15-9)14-7-17(8)4-2/h7H,3-6H2,1-2H3,(H,13,15,16). The van der Waals surface area contributed by atoms with Crippen LogP contribution >= 0.6 is 11.6 Å². The van der Waals surface area contributed by atoms with E-state index in [1.807, 2.05) is 4.57 Å². The number of hydrogen-bond donors (Lipinski definition) is 1. The molecule has 0 spiro atoms. The van der Waals surface area contributed by atoms with Gasteiger partial charge in [0.15, 0.2) is 11.5 Å². The highest BCUT2D eigenvalue weighted by Gasteiger charge is 2.11. The molecule has 0 aliphatic carbocycles. The van der Waals surface area contributed by atoms with Crippen LogP contribution < -0.4 is 5.32 Å². The summed E-state index contributed by atoms with van der Waals surface area (Å²) in [6.07, 6.45) is 4.01. The molecule has 17 heavy (non-hydrogen) atoms. The summed E-state index contributed by atoms with van der Waals surface area (Å²) in [5.41, 5.74) is 1.57. The molecule has 6 heteroatoms. The third-order valence-electron chi connectivity index (χ3n) is 2.61. The number of nitrogens with zero attached hydrogens (tertiary/aromatic N) is 4. The Morgan fingerprint density at radius 3 is 2.88 bits per heavy atom. The van der Waals surface area contributed by atoms with E-state index in [0.717, 1.165) is 37.3 Å². The third kappa shape index (κ3) is 2.49. The molecule has 0 radical (unpaired) electrons. The van der Waals surface area contributed by atoms with Gasteiger partial charge in [-0.05, 0) is 24.9 Å². The molecule has 0 bridgehead atoms. The number of aromatic nitrogens is 4. The summed E-state index contributed by atoms with van der Waals surface area (Å²) in [5, 5.41) is 3.53. The minimum absolute atomic E-state index is 0.234. The first kappa shape index (κ1) is 12.1. The van der Waals surface area contributed by atoms with E-state index < -0.39 is 0 Å². The maximum absolute atomic E-state index is 5.88. The molecule has 2 heterocycles. The second kappa shape index (κ2) is 5.31. The summed E-state index contributed by atoms with van der Waals surface area (Å²) >= 11 is 5.88. The number of hydrogen-bond acceptors (Lipinski definition) is 4. The third-order valence-corrected chi connectivity index (χ3v) is 2.78. The molecule has 5 nitrogen and oxygen atoms in total. The fraction of sp³-hybridized carbons (Fsp3) is 0.545. The quantitative estimate of drug-likeness (QED) is 0.658. The van der Waals surface area contributed by atoms with Crippen molar-refractivity contribution in [1.29, 1.82) is 0 Å². The molecule has 2 rings (SSSR count). The smallest absolute Gasteiger partial charge is 0.226 e. The van der Waals surface area contributed by atoms with Gasteiger partial charge in [0.05, 0.1) is 6.33 Å². The number of fused-ring (bicyclic) bond motifs is 1. The van der Waals surface area contributed by atoms with Gasteiger partial charge in [0.2, 0.25) is 5.28 Å². The molecule has 2 aromatic rings. The molecule has 0 aliphatic rings. The van der Waals surface area contributed by atoms with Crippen molar-refractivity contribution in [3.8, 4) is 0 Å². The molecule has 0 amide bonds. The molecular formula is C11H16ClN5. The van der Waals surface area contributed by atoms with Crippen LogP contribution in [0.3, 0.4) is 0 Å². The molecule has 1 N–H and O–H groups in total. The second-order valence-electron chi connectivity index (χ2n) is 3.82. The Balaban J connectivity index is 2.39. The number of imidazole rings is 1. The van der Waals surface area contributed by atoms with Gasteiger partial charge in [0.1, 0.15) is 5.52 Å². The van der Waals surface area contributed by atoms with Crippen molar-refractivity contribution in [2.24, 2.45) is 0 Å². The number of anilines is 1. The van der Waals surface area contributed by atoms with E-state index >= 15 is 0 Å². The Bertz CT molecular complexity index is 508. The Morgan fingerprint density at radius 1 is 1.35 bits per heavy atom.